The lowest BCUT2D eigenvalue weighted by Crippen LogP contribution is -2.11. The van der Waals surface area contributed by atoms with Gasteiger partial charge in [0.05, 0.1) is 10.6 Å². The molecule has 106 valence electrons. The Morgan fingerprint density at radius 3 is 2.50 bits per heavy atom. The molecule has 0 aliphatic heterocycles. The molecule has 22 heavy (non-hydrogen) atoms. The Balaban J connectivity index is 1.87. The molecule has 0 bridgehead atoms. The fraction of sp³-hybridized carbons (Fsp3) is 0. The molecule has 0 aromatic heterocycles. The van der Waals surface area contributed by atoms with Crippen molar-refractivity contribution in [2.45, 2.75) is 0 Å². The number of amides is 1. The second kappa shape index (κ2) is 5.88. The monoisotopic (exact) mass is 306 g/mol. The zero-order valence-corrected chi connectivity index (χ0v) is 12.3. The topological polar surface area (TPSA) is 52.9 Å². The molecule has 3 aromatic carbocycles. The molecule has 0 unspecified atom stereocenters. The standard InChI is InChI=1S/C18H11ClN2O/c19-17-10-16(8-7-15(17)11-20)21-18(22)14-6-5-12-3-1-2-4-13(12)9-14/h1-10H,(H,21,22). The number of nitrogens with zero attached hydrogens (tertiary/aromatic N) is 1. The SMILES string of the molecule is N#Cc1ccc(NC(=O)c2ccc3ccccc3c2)cc1Cl. The largest absolute Gasteiger partial charge is 0.322 e. The Labute approximate surface area is 132 Å². The third-order valence-electron chi connectivity index (χ3n) is 3.36. The molecule has 3 nitrogen and oxygen atoms in total. The van der Waals surface area contributed by atoms with Gasteiger partial charge in [0.25, 0.3) is 5.91 Å². The van der Waals surface area contributed by atoms with Crippen molar-refractivity contribution in [1.82, 2.24) is 0 Å². The van der Waals surface area contributed by atoms with Crippen LogP contribution in [0.4, 0.5) is 5.69 Å². The Hall–Kier alpha value is -2.83. The van der Waals surface area contributed by atoms with Crippen molar-refractivity contribution < 1.29 is 4.79 Å². The maximum absolute atomic E-state index is 12.3. The quantitative estimate of drug-likeness (QED) is 0.751. The van der Waals surface area contributed by atoms with E-state index in [0.29, 0.717) is 21.8 Å². The number of carbonyl (C=O) groups is 1. The number of nitriles is 1. The van der Waals surface area contributed by atoms with Crippen molar-refractivity contribution >= 4 is 34.0 Å². The Bertz CT molecular complexity index is 912. The van der Waals surface area contributed by atoms with Crippen molar-refractivity contribution in [3.63, 3.8) is 0 Å². The lowest BCUT2D eigenvalue weighted by molar-refractivity contribution is 0.102. The van der Waals surface area contributed by atoms with E-state index in [-0.39, 0.29) is 5.91 Å². The number of anilines is 1. The van der Waals surface area contributed by atoms with Crippen LogP contribution < -0.4 is 5.32 Å². The van der Waals surface area contributed by atoms with E-state index in [0.717, 1.165) is 10.8 Å². The third kappa shape index (κ3) is 2.78. The first-order valence-electron chi connectivity index (χ1n) is 6.67. The van der Waals surface area contributed by atoms with Crippen molar-refractivity contribution in [2.24, 2.45) is 0 Å². The van der Waals surface area contributed by atoms with Crippen molar-refractivity contribution in [3.8, 4) is 6.07 Å². The molecule has 0 atom stereocenters. The van der Waals surface area contributed by atoms with E-state index < -0.39 is 0 Å². The van der Waals surface area contributed by atoms with Gasteiger partial charge in [0, 0.05) is 11.3 Å². The number of rotatable bonds is 2. The van der Waals surface area contributed by atoms with E-state index in [2.05, 4.69) is 5.32 Å². The molecule has 0 saturated carbocycles. The number of halogens is 1. The highest BCUT2D eigenvalue weighted by molar-refractivity contribution is 6.32. The first kappa shape index (κ1) is 14.1. The third-order valence-corrected chi connectivity index (χ3v) is 3.67. The summed E-state index contributed by atoms with van der Waals surface area (Å²) in [4.78, 5) is 12.3. The van der Waals surface area contributed by atoms with Crippen LogP contribution in [-0.2, 0) is 0 Å². The van der Waals surface area contributed by atoms with E-state index >= 15 is 0 Å². The summed E-state index contributed by atoms with van der Waals surface area (Å²) in [5.74, 6) is -0.216. The summed E-state index contributed by atoms with van der Waals surface area (Å²) in [6.07, 6.45) is 0. The van der Waals surface area contributed by atoms with Crippen LogP contribution in [0.1, 0.15) is 15.9 Å². The molecule has 3 rings (SSSR count). The van der Waals surface area contributed by atoms with Gasteiger partial charge in [-0.15, -0.1) is 0 Å². The lowest BCUT2D eigenvalue weighted by Gasteiger charge is -2.07. The minimum absolute atomic E-state index is 0.216. The number of hydrogen-bond donors (Lipinski definition) is 1. The van der Waals surface area contributed by atoms with Gasteiger partial charge in [-0.2, -0.15) is 5.26 Å². The summed E-state index contributed by atoms with van der Waals surface area (Å²) in [6.45, 7) is 0. The average Bonchev–Trinajstić information content (AvgIpc) is 2.54. The molecule has 4 heteroatoms. The molecule has 1 amide bonds. The molecule has 0 radical (unpaired) electrons. The first-order valence-corrected chi connectivity index (χ1v) is 7.05. The second-order valence-electron chi connectivity index (χ2n) is 4.82. The lowest BCUT2D eigenvalue weighted by atomic mass is 10.1. The highest BCUT2D eigenvalue weighted by atomic mass is 35.5. The Kier molecular flexibility index (Phi) is 3.78. The van der Waals surface area contributed by atoms with Crippen molar-refractivity contribution in [1.29, 1.82) is 5.26 Å². The minimum Gasteiger partial charge on any atom is -0.322 e. The summed E-state index contributed by atoms with van der Waals surface area (Å²) in [5.41, 5.74) is 1.51. The smallest absolute Gasteiger partial charge is 0.255 e. The van der Waals surface area contributed by atoms with Gasteiger partial charge in [-0.3, -0.25) is 4.79 Å². The fourth-order valence-electron chi connectivity index (χ4n) is 2.22. The van der Waals surface area contributed by atoms with Gasteiger partial charge in [0.2, 0.25) is 0 Å². The normalized spacial score (nSPS) is 10.2. The Morgan fingerprint density at radius 1 is 1.00 bits per heavy atom. The summed E-state index contributed by atoms with van der Waals surface area (Å²) >= 11 is 5.96. The predicted molar refractivity (Wildman–Crippen MR) is 88.1 cm³/mol. The van der Waals surface area contributed by atoms with Gasteiger partial charge < -0.3 is 5.32 Å². The molecule has 0 spiro atoms. The van der Waals surface area contributed by atoms with Crippen molar-refractivity contribution in [2.75, 3.05) is 5.32 Å². The molecule has 0 aliphatic rings. The van der Waals surface area contributed by atoms with Crippen LogP contribution in [0.5, 0.6) is 0 Å². The number of benzene rings is 3. The summed E-state index contributed by atoms with van der Waals surface area (Å²) in [5, 5.41) is 14.0. The molecule has 0 aliphatic carbocycles. The van der Waals surface area contributed by atoms with Gasteiger partial charge in [-0.05, 0) is 41.1 Å². The van der Waals surface area contributed by atoms with Gasteiger partial charge >= 0.3 is 0 Å². The molecule has 3 aromatic rings. The minimum atomic E-state index is -0.216. The summed E-state index contributed by atoms with van der Waals surface area (Å²) in [6, 6.07) is 20.2. The molecular formula is C18H11ClN2O. The van der Waals surface area contributed by atoms with E-state index in [1.165, 1.54) is 0 Å². The summed E-state index contributed by atoms with van der Waals surface area (Å²) < 4.78 is 0. The van der Waals surface area contributed by atoms with Crippen molar-refractivity contribution in [3.05, 3.63) is 76.8 Å². The van der Waals surface area contributed by atoms with E-state index in [9.17, 15) is 4.79 Å². The Morgan fingerprint density at radius 2 is 1.77 bits per heavy atom. The highest BCUT2D eigenvalue weighted by Gasteiger charge is 2.08. The second-order valence-corrected chi connectivity index (χ2v) is 5.23. The van der Waals surface area contributed by atoms with Crippen LogP contribution in [0.2, 0.25) is 5.02 Å². The van der Waals surface area contributed by atoms with E-state index in [1.54, 1.807) is 24.3 Å². The number of carbonyl (C=O) groups excluding carboxylic acids is 1. The van der Waals surface area contributed by atoms with Gasteiger partial charge in [0.1, 0.15) is 6.07 Å². The first-order chi connectivity index (χ1) is 10.7. The van der Waals surface area contributed by atoms with Crippen LogP contribution in [0.3, 0.4) is 0 Å². The van der Waals surface area contributed by atoms with E-state index in [4.69, 9.17) is 16.9 Å². The van der Waals surface area contributed by atoms with E-state index in [1.807, 2.05) is 42.5 Å². The molecule has 0 saturated heterocycles. The molecule has 1 N–H and O–H groups in total. The molecule has 0 fully saturated rings. The maximum atomic E-state index is 12.3. The van der Waals surface area contributed by atoms with Crippen LogP contribution >= 0.6 is 11.6 Å². The molecule has 0 heterocycles. The zero-order valence-electron chi connectivity index (χ0n) is 11.5. The predicted octanol–water partition coefficient (Wildman–Crippen LogP) is 4.62. The van der Waals surface area contributed by atoms with Crippen LogP contribution in [0.25, 0.3) is 10.8 Å². The average molecular weight is 307 g/mol. The number of hydrogen-bond acceptors (Lipinski definition) is 2. The van der Waals surface area contributed by atoms with Gasteiger partial charge in [0.15, 0.2) is 0 Å². The zero-order chi connectivity index (χ0) is 15.5. The number of nitrogens with one attached hydrogen (secondary N) is 1. The fourth-order valence-corrected chi connectivity index (χ4v) is 2.44. The van der Waals surface area contributed by atoms with Crippen LogP contribution in [0, 0.1) is 11.3 Å². The van der Waals surface area contributed by atoms with Gasteiger partial charge in [-0.1, -0.05) is 41.9 Å². The highest BCUT2D eigenvalue weighted by Crippen LogP contribution is 2.21. The van der Waals surface area contributed by atoms with Crippen LogP contribution in [-0.4, -0.2) is 5.91 Å². The van der Waals surface area contributed by atoms with Crippen LogP contribution in [0.15, 0.2) is 60.7 Å². The summed E-state index contributed by atoms with van der Waals surface area (Å²) in [7, 11) is 0. The van der Waals surface area contributed by atoms with Gasteiger partial charge in [-0.25, -0.2) is 0 Å². The number of fused-ring (bicyclic) bond motifs is 1. The maximum Gasteiger partial charge on any atom is 0.255 e. The molecular weight excluding hydrogens is 296 g/mol.